The molecule has 1 aliphatic rings. The molecule has 0 spiro atoms. The van der Waals surface area contributed by atoms with Gasteiger partial charge in [0.15, 0.2) is 0 Å². The number of para-hydroxylation sites is 1. The van der Waals surface area contributed by atoms with Gasteiger partial charge in [0.25, 0.3) is 0 Å². The summed E-state index contributed by atoms with van der Waals surface area (Å²) in [5.41, 5.74) is 2.61. The molecule has 0 saturated carbocycles. The predicted octanol–water partition coefficient (Wildman–Crippen LogP) is 2.55. The van der Waals surface area contributed by atoms with Gasteiger partial charge >= 0.3 is 0 Å². The number of hydrogen-bond acceptors (Lipinski definition) is 2. The van der Waals surface area contributed by atoms with Gasteiger partial charge < -0.3 is 4.72 Å². The summed E-state index contributed by atoms with van der Waals surface area (Å²) in [6.07, 6.45) is 3.66. The second-order valence-corrected chi connectivity index (χ2v) is 6.97. The van der Waals surface area contributed by atoms with Crippen molar-refractivity contribution >= 4 is 32.1 Å². The third kappa shape index (κ3) is 1.94. The fourth-order valence-corrected chi connectivity index (χ4v) is 4.37. The molecule has 0 saturated heterocycles. The van der Waals surface area contributed by atoms with Crippen LogP contribution in [0.3, 0.4) is 0 Å². The smallest absolute Gasteiger partial charge is 0.103 e. The zero-order chi connectivity index (χ0) is 14.3. The molecule has 0 fully saturated rings. The van der Waals surface area contributed by atoms with E-state index in [1.165, 1.54) is 0 Å². The molecule has 2 aromatic carbocycles. The average Bonchev–Trinajstić information content (AvgIpc) is 2.91. The molecule has 4 nitrogen and oxygen atoms in total. The molecule has 5 heteroatoms. The largest absolute Gasteiger partial charge is 0.315 e. The molecule has 2 heterocycles. The van der Waals surface area contributed by atoms with Gasteiger partial charge in [-0.15, -0.1) is 0 Å². The van der Waals surface area contributed by atoms with Crippen molar-refractivity contribution in [1.82, 2.24) is 14.9 Å². The van der Waals surface area contributed by atoms with Crippen LogP contribution in [0.5, 0.6) is 0 Å². The average molecular weight is 295 g/mol. The number of aromatic amines is 1. The van der Waals surface area contributed by atoms with E-state index in [4.69, 9.17) is 0 Å². The van der Waals surface area contributed by atoms with E-state index in [0.29, 0.717) is 5.69 Å². The van der Waals surface area contributed by atoms with Crippen LogP contribution in [0.15, 0.2) is 59.6 Å². The number of fused-ring (bicyclic) bond motifs is 2. The van der Waals surface area contributed by atoms with Crippen molar-refractivity contribution < 1.29 is 4.21 Å². The van der Waals surface area contributed by atoms with Crippen molar-refractivity contribution in [3.63, 3.8) is 0 Å². The molecule has 3 aromatic rings. The lowest BCUT2D eigenvalue weighted by Crippen LogP contribution is -2.24. The SMILES string of the molecule is O=S1(=Cc2n[nH]c3ccccc23)NC=Cc2ccccc21. The molecular formula is C16H13N3OS. The third-order valence-electron chi connectivity index (χ3n) is 3.53. The maximum Gasteiger partial charge on any atom is 0.103 e. The Hall–Kier alpha value is -2.53. The topological polar surface area (TPSA) is 57.8 Å². The first-order valence-corrected chi connectivity index (χ1v) is 8.23. The minimum atomic E-state index is -2.51. The van der Waals surface area contributed by atoms with Crippen LogP contribution in [0.1, 0.15) is 11.3 Å². The van der Waals surface area contributed by atoms with E-state index in [0.717, 1.165) is 21.4 Å². The number of rotatable bonds is 1. The molecular weight excluding hydrogens is 282 g/mol. The van der Waals surface area contributed by atoms with Gasteiger partial charge in [-0.25, -0.2) is 4.21 Å². The van der Waals surface area contributed by atoms with Crippen molar-refractivity contribution in [2.24, 2.45) is 0 Å². The molecule has 1 atom stereocenters. The van der Waals surface area contributed by atoms with Crippen molar-refractivity contribution in [2.45, 2.75) is 4.90 Å². The monoisotopic (exact) mass is 295 g/mol. The Morgan fingerprint density at radius 3 is 2.81 bits per heavy atom. The van der Waals surface area contributed by atoms with Crippen molar-refractivity contribution in [2.75, 3.05) is 0 Å². The quantitative estimate of drug-likeness (QED) is 0.678. The van der Waals surface area contributed by atoms with Crippen molar-refractivity contribution in [1.29, 1.82) is 0 Å². The molecule has 104 valence electrons. The highest BCUT2D eigenvalue weighted by Crippen LogP contribution is 2.22. The Morgan fingerprint density at radius 2 is 1.86 bits per heavy atom. The zero-order valence-electron chi connectivity index (χ0n) is 11.1. The lowest BCUT2D eigenvalue weighted by molar-refractivity contribution is 0.676. The molecule has 21 heavy (non-hydrogen) atoms. The van der Waals surface area contributed by atoms with Crippen LogP contribution in [0.4, 0.5) is 0 Å². The van der Waals surface area contributed by atoms with E-state index >= 15 is 0 Å². The molecule has 2 N–H and O–H groups in total. The Balaban J connectivity index is 1.97. The van der Waals surface area contributed by atoms with Crippen LogP contribution >= 0.6 is 0 Å². The molecule has 4 rings (SSSR count). The Morgan fingerprint density at radius 1 is 1.05 bits per heavy atom. The maximum absolute atomic E-state index is 13.3. The number of aromatic nitrogens is 2. The summed E-state index contributed by atoms with van der Waals surface area (Å²) in [6.45, 7) is 0. The zero-order valence-corrected chi connectivity index (χ0v) is 11.9. The normalized spacial score (nSPS) is 20.0. The summed E-state index contributed by atoms with van der Waals surface area (Å²) in [5.74, 6) is 0. The predicted molar refractivity (Wildman–Crippen MR) is 86.3 cm³/mol. The maximum atomic E-state index is 13.3. The van der Waals surface area contributed by atoms with E-state index in [1.807, 2.05) is 54.6 Å². The standard InChI is InChI=1S/C16H13N3OS/c20-21(16-8-4-1-5-12(16)9-10-17-21)11-15-13-6-2-3-7-14(13)18-19-15/h1-11H,(H,17,20)(H,18,19). The molecule has 0 amide bonds. The fraction of sp³-hybridized carbons (Fsp3) is 0. The van der Waals surface area contributed by atoms with Crippen LogP contribution in [0, 0.1) is 0 Å². The van der Waals surface area contributed by atoms with E-state index in [1.54, 1.807) is 11.6 Å². The van der Waals surface area contributed by atoms with Crippen LogP contribution in [0.2, 0.25) is 0 Å². The first-order valence-electron chi connectivity index (χ1n) is 6.61. The highest BCUT2D eigenvalue weighted by molar-refractivity contribution is 8.00. The van der Waals surface area contributed by atoms with Gasteiger partial charge in [-0.2, -0.15) is 5.10 Å². The molecule has 1 aliphatic heterocycles. The summed E-state index contributed by atoms with van der Waals surface area (Å²) >= 11 is 0. The highest BCUT2D eigenvalue weighted by Gasteiger charge is 2.17. The molecule has 1 unspecified atom stereocenters. The molecule has 0 radical (unpaired) electrons. The second-order valence-electron chi connectivity index (χ2n) is 4.86. The summed E-state index contributed by atoms with van der Waals surface area (Å²) in [4.78, 5) is 0.791. The first kappa shape index (κ1) is 12.2. The van der Waals surface area contributed by atoms with E-state index in [9.17, 15) is 4.21 Å². The van der Waals surface area contributed by atoms with E-state index in [-0.39, 0.29) is 0 Å². The van der Waals surface area contributed by atoms with Gasteiger partial charge in [0.05, 0.1) is 20.1 Å². The van der Waals surface area contributed by atoms with Crippen LogP contribution in [-0.4, -0.2) is 19.8 Å². The van der Waals surface area contributed by atoms with Crippen molar-refractivity contribution in [3.8, 4) is 0 Å². The van der Waals surface area contributed by atoms with Gasteiger partial charge in [-0.3, -0.25) is 5.10 Å². The summed E-state index contributed by atoms with van der Waals surface area (Å²) < 4.78 is 16.3. The molecule has 0 bridgehead atoms. The van der Waals surface area contributed by atoms with Crippen molar-refractivity contribution in [3.05, 3.63) is 66.0 Å². The number of nitrogens with one attached hydrogen (secondary N) is 2. The number of nitrogens with zero attached hydrogens (tertiary/aromatic N) is 1. The number of hydrogen-bond donors (Lipinski definition) is 2. The van der Waals surface area contributed by atoms with Gasteiger partial charge in [-0.1, -0.05) is 36.4 Å². The minimum Gasteiger partial charge on any atom is -0.315 e. The lowest BCUT2D eigenvalue weighted by Gasteiger charge is -2.18. The first-order chi connectivity index (χ1) is 10.3. The Labute approximate surface area is 122 Å². The highest BCUT2D eigenvalue weighted by atomic mass is 32.2. The molecule has 1 aromatic heterocycles. The summed E-state index contributed by atoms with van der Waals surface area (Å²) in [5, 5.41) is 9.93. The fourth-order valence-electron chi connectivity index (χ4n) is 2.51. The number of H-pyrrole nitrogens is 1. The van der Waals surface area contributed by atoms with Crippen LogP contribution in [-0.2, 0) is 9.71 Å². The summed E-state index contributed by atoms with van der Waals surface area (Å²) in [7, 11) is -2.51. The third-order valence-corrected chi connectivity index (χ3v) is 5.60. The van der Waals surface area contributed by atoms with Crippen LogP contribution < -0.4 is 4.72 Å². The second kappa shape index (κ2) is 4.49. The van der Waals surface area contributed by atoms with Gasteiger partial charge in [0, 0.05) is 17.0 Å². The molecule has 0 aliphatic carbocycles. The van der Waals surface area contributed by atoms with Gasteiger partial charge in [-0.05, 0) is 23.8 Å². The summed E-state index contributed by atoms with van der Waals surface area (Å²) in [6, 6.07) is 15.5. The van der Waals surface area contributed by atoms with Crippen LogP contribution in [0.25, 0.3) is 17.0 Å². The number of benzene rings is 2. The van der Waals surface area contributed by atoms with Gasteiger partial charge in [0.1, 0.15) is 5.69 Å². The minimum absolute atomic E-state index is 0.702. The van der Waals surface area contributed by atoms with E-state index in [2.05, 4.69) is 14.9 Å². The lowest BCUT2D eigenvalue weighted by atomic mass is 10.2. The van der Waals surface area contributed by atoms with E-state index < -0.39 is 9.71 Å². The van der Waals surface area contributed by atoms with Gasteiger partial charge in [0.2, 0.25) is 0 Å². The Kier molecular flexibility index (Phi) is 2.62. The Bertz CT molecular complexity index is 978.